The maximum absolute atomic E-state index is 13.3. The predicted octanol–water partition coefficient (Wildman–Crippen LogP) is 2.67. The van der Waals surface area contributed by atoms with E-state index in [0.717, 1.165) is 11.0 Å². The summed E-state index contributed by atoms with van der Waals surface area (Å²) in [5.41, 5.74) is 7.69. The molecule has 0 bridgehead atoms. The van der Waals surface area contributed by atoms with Crippen LogP contribution in [0.15, 0.2) is 23.0 Å². The monoisotopic (exact) mass is 281 g/mol. The summed E-state index contributed by atoms with van der Waals surface area (Å²) in [6.45, 7) is 0. The lowest BCUT2D eigenvalue weighted by molar-refractivity contribution is -0.0439. The Morgan fingerprint density at radius 1 is 1.25 bits per heavy atom. The molecule has 1 aromatic heterocycles. The third-order valence-corrected chi connectivity index (χ3v) is 4.17. The lowest BCUT2D eigenvalue weighted by Crippen LogP contribution is -2.32. The highest BCUT2D eigenvalue weighted by Crippen LogP contribution is 2.39. The number of fused-ring (bicyclic) bond motifs is 1. The van der Waals surface area contributed by atoms with Gasteiger partial charge in [0.1, 0.15) is 0 Å². The molecule has 0 spiro atoms. The first kappa shape index (κ1) is 13.1. The number of halogens is 2. The standard InChI is InChI=1S/C14H17F2N3O/c1-18-11-3-2-9(17)8-12(11)19(13(18)20)10-4-6-14(15,16)7-5-10/h2-3,8,10H,4-7,17H2,1H3. The lowest BCUT2D eigenvalue weighted by Gasteiger charge is -2.29. The van der Waals surface area contributed by atoms with Crippen molar-refractivity contribution in [1.29, 1.82) is 0 Å². The summed E-state index contributed by atoms with van der Waals surface area (Å²) in [5.74, 6) is -2.59. The number of hydrogen-bond acceptors (Lipinski definition) is 2. The predicted molar refractivity (Wildman–Crippen MR) is 74.0 cm³/mol. The molecule has 0 aliphatic heterocycles. The van der Waals surface area contributed by atoms with Crippen molar-refractivity contribution < 1.29 is 8.78 Å². The molecule has 1 saturated carbocycles. The fraction of sp³-hybridized carbons (Fsp3) is 0.500. The summed E-state index contributed by atoms with van der Waals surface area (Å²) in [7, 11) is 1.69. The van der Waals surface area contributed by atoms with Crippen molar-refractivity contribution in [2.24, 2.45) is 7.05 Å². The van der Waals surface area contributed by atoms with Gasteiger partial charge < -0.3 is 5.73 Å². The van der Waals surface area contributed by atoms with Gasteiger partial charge in [-0.25, -0.2) is 13.6 Å². The number of alkyl halides is 2. The molecule has 1 fully saturated rings. The van der Waals surface area contributed by atoms with Crippen molar-refractivity contribution in [3.05, 3.63) is 28.7 Å². The van der Waals surface area contributed by atoms with Gasteiger partial charge in [0.2, 0.25) is 5.92 Å². The SMILES string of the molecule is Cn1c(=O)n(C2CCC(F)(F)CC2)c2cc(N)ccc21. The van der Waals surface area contributed by atoms with Crippen LogP contribution < -0.4 is 11.4 Å². The molecule has 1 heterocycles. The number of benzene rings is 1. The van der Waals surface area contributed by atoms with Crippen LogP contribution in [0.3, 0.4) is 0 Å². The highest BCUT2D eigenvalue weighted by Gasteiger charge is 2.36. The molecular formula is C14H17F2N3O. The van der Waals surface area contributed by atoms with Gasteiger partial charge in [-0.1, -0.05) is 0 Å². The molecule has 1 aliphatic rings. The largest absolute Gasteiger partial charge is 0.399 e. The summed E-state index contributed by atoms with van der Waals surface area (Å²) >= 11 is 0. The molecule has 0 radical (unpaired) electrons. The van der Waals surface area contributed by atoms with Crippen LogP contribution in [0.4, 0.5) is 14.5 Å². The molecule has 108 valence electrons. The van der Waals surface area contributed by atoms with Gasteiger partial charge in [-0.2, -0.15) is 0 Å². The van der Waals surface area contributed by atoms with Gasteiger partial charge in [0.15, 0.2) is 0 Å². The summed E-state index contributed by atoms with van der Waals surface area (Å²) in [6, 6.07) is 5.09. The molecular weight excluding hydrogens is 264 g/mol. The first-order valence-corrected chi connectivity index (χ1v) is 6.73. The zero-order valence-corrected chi connectivity index (χ0v) is 11.3. The Labute approximate surface area is 114 Å². The second-order valence-corrected chi connectivity index (χ2v) is 5.55. The molecule has 0 amide bonds. The van der Waals surface area contributed by atoms with E-state index in [4.69, 9.17) is 5.73 Å². The van der Waals surface area contributed by atoms with Crippen LogP contribution in [-0.4, -0.2) is 15.1 Å². The zero-order valence-electron chi connectivity index (χ0n) is 11.3. The third kappa shape index (κ3) is 1.99. The Kier molecular flexibility index (Phi) is 2.84. The van der Waals surface area contributed by atoms with Gasteiger partial charge >= 0.3 is 5.69 Å². The molecule has 0 saturated heterocycles. The van der Waals surface area contributed by atoms with E-state index in [9.17, 15) is 13.6 Å². The van der Waals surface area contributed by atoms with E-state index in [-0.39, 0.29) is 24.6 Å². The first-order chi connectivity index (χ1) is 9.39. The van der Waals surface area contributed by atoms with Gasteiger partial charge in [0.05, 0.1) is 11.0 Å². The second kappa shape index (κ2) is 4.33. The second-order valence-electron chi connectivity index (χ2n) is 5.55. The molecule has 2 aromatic rings. The third-order valence-electron chi connectivity index (χ3n) is 4.17. The van der Waals surface area contributed by atoms with E-state index in [1.54, 1.807) is 34.4 Å². The Morgan fingerprint density at radius 3 is 2.55 bits per heavy atom. The van der Waals surface area contributed by atoms with Crippen molar-refractivity contribution in [2.75, 3.05) is 5.73 Å². The average molecular weight is 281 g/mol. The number of nitrogens with two attached hydrogens (primary N) is 1. The summed E-state index contributed by atoms with van der Waals surface area (Å²) in [4.78, 5) is 12.4. The van der Waals surface area contributed by atoms with E-state index in [1.807, 2.05) is 0 Å². The number of imidazole rings is 1. The Balaban J connectivity index is 2.10. The maximum atomic E-state index is 13.3. The van der Waals surface area contributed by atoms with Crippen LogP contribution >= 0.6 is 0 Å². The number of aromatic nitrogens is 2. The number of anilines is 1. The molecule has 0 atom stereocenters. The zero-order chi connectivity index (χ0) is 14.5. The summed E-state index contributed by atoms with van der Waals surface area (Å²) in [6.07, 6.45) is 0.313. The van der Waals surface area contributed by atoms with E-state index in [0.29, 0.717) is 18.5 Å². The molecule has 1 aliphatic carbocycles. The van der Waals surface area contributed by atoms with Gasteiger partial charge in [0, 0.05) is 31.6 Å². The highest BCUT2D eigenvalue weighted by atomic mass is 19.3. The number of aryl methyl sites for hydroxylation is 1. The Bertz CT molecular complexity index is 707. The van der Waals surface area contributed by atoms with Crippen LogP contribution in [0.5, 0.6) is 0 Å². The minimum Gasteiger partial charge on any atom is -0.399 e. The fourth-order valence-corrected chi connectivity index (χ4v) is 3.02. The molecule has 3 rings (SSSR count). The molecule has 20 heavy (non-hydrogen) atoms. The smallest absolute Gasteiger partial charge is 0.329 e. The molecule has 4 nitrogen and oxygen atoms in total. The Morgan fingerprint density at radius 2 is 1.90 bits per heavy atom. The average Bonchev–Trinajstić information content (AvgIpc) is 2.63. The molecule has 1 aromatic carbocycles. The number of nitrogens with zero attached hydrogens (tertiary/aromatic N) is 2. The molecule has 0 unspecified atom stereocenters. The van der Waals surface area contributed by atoms with Gasteiger partial charge in [-0.3, -0.25) is 9.13 Å². The van der Waals surface area contributed by atoms with Crippen LogP contribution in [0, 0.1) is 0 Å². The van der Waals surface area contributed by atoms with Crippen LogP contribution in [0.1, 0.15) is 31.7 Å². The van der Waals surface area contributed by atoms with Crippen molar-refractivity contribution in [3.8, 4) is 0 Å². The first-order valence-electron chi connectivity index (χ1n) is 6.73. The van der Waals surface area contributed by atoms with Gasteiger partial charge in [0.25, 0.3) is 0 Å². The van der Waals surface area contributed by atoms with Crippen LogP contribution in [0.25, 0.3) is 11.0 Å². The molecule has 2 N–H and O–H groups in total. The number of rotatable bonds is 1. The highest BCUT2D eigenvalue weighted by molar-refractivity contribution is 5.79. The normalized spacial score (nSPS) is 19.6. The summed E-state index contributed by atoms with van der Waals surface area (Å²) in [5, 5.41) is 0. The van der Waals surface area contributed by atoms with Crippen LogP contribution in [0.2, 0.25) is 0 Å². The minimum atomic E-state index is -2.59. The number of hydrogen-bond donors (Lipinski definition) is 1. The van der Waals surface area contributed by atoms with Crippen molar-refractivity contribution in [3.63, 3.8) is 0 Å². The van der Waals surface area contributed by atoms with Gasteiger partial charge in [-0.05, 0) is 31.0 Å². The topological polar surface area (TPSA) is 53.0 Å². The quantitative estimate of drug-likeness (QED) is 0.817. The van der Waals surface area contributed by atoms with E-state index < -0.39 is 5.92 Å². The molecule has 6 heteroatoms. The van der Waals surface area contributed by atoms with E-state index >= 15 is 0 Å². The lowest BCUT2D eigenvalue weighted by atomic mass is 9.92. The van der Waals surface area contributed by atoms with E-state index in [2.05, 4.69) is 0 Å². The van der Waals surface area contributed by atoms with Crippen LogP contribution in [-0.2, 0) is 7.05 Å². The maximum Gasteiger partial charge on any atom is 0.329 e. The number of nitrogen functional groups attached to an aromatic ring is 1. The Hall–Kier alpha value is -1.85. The van der Waals surface area contributed by atoms with Crippen molar-refractivity contribution >= 4 is 16.7 Å². The van der Waals surface area contributed by atoms with Gasteiger partial charge in [-0.15, -0.1) is 0 Å². The van der Waals surface area contributed by atoms with Crippen molar-refractivity contribution in [2.45, 2.75) is 37.6 Å². The minimum absolute atomic E-state index is 0.164. The summed E-state index contributed by atoms with van der Waals surface area (Å²) < 4.78 is 29.7. The van der Waals surface area contributed by atoms with E-state index in [1.165, 1.54) is 0 Å². The fourth-order valence-electron chi connectivity index (χ4n) is 3.02. The van der Waals surface area contributed by atoms with Crippen molar-refractivity contribution in [1.82, 2.24) is 9.13 Å².